The first-order chi connectivity index (χ1) is 7.36. The van der Waals surface area contributed by atoms with Crippen LogP contribution in [0.4, 0.5) is 0 Å². The number of nitrogens with one attached hydrogen (secondary N) is 1. The molecule has 0 amide bonds. The maximum atomic E-state index is 5.42. The molecule has 1 aliphatic carbocycles. The van der Waals surface area contributed by atoms with E-state index >= 15 is 0 Å². The van der Waals surface area contributed by atoms with Gasteiger partial charge in [0.1, 0.15) is 5.75 Å². The highest BCUT2D eigenvalue weighted by Gasteiger charge is 2.21. The molecule has 1 aromatic rings. The minimum absolute atomic E-state index is 0.661. The van der Waals surface area contributed by atoms with Crippen LogP contribution in [0.5, 0.6) is 5.75 Å². The molecule has 2 heteroatoms. The van der Waals surface area contributed by atoms with Crippen LogP contribution in [0.1, 0.15) is 29.9 Å². The Balaban J connectivity index is 2.35. The zero-order valence-electron chi connectivity index (χ0n) is 9.55. The lowest BCUT2D eigenvalue weighted by molar-refractivity contribution is 0.402. The number of hydrogen-bond acceptors (Lipinski definition) is 2. The van der Waals surface area contributed by atoms with Crippen LogP contribution < -0.4 is 10.1 Å². The molecule has 2 nitrogen and oxygen atoms in total. The molecule has 1 N–H and O–H groups in total. The molecule has 0 bridgehead atoms. The number of likely N-dealkylation sites (N-methyl/N-ethyl adjacent to an activating group) is 1. The van der Waals surface area contributed by atoms with Crippen molar-refractivity contribution >= 4 is 0 Å². The van der Waals surface area contributed by atoms with Gasteiger partial charge in [-0.3, -0.25) is 0 Å². The van der Waals surface area contributed by atoms with Gasteiger partial charge in [0, 0.05) is 6.54 Å². The zero-order chi connectivity index (χ0) is 10.7. The van der Waals surface area contributed by atoms with E-state index in [0.717, 1.165) is 12.3 Å². The van der Waals surface area contributed by atoms with Crippen molar-refractivity contribution in [2.75, 3.05) is 20.7 Å². The van der Waals surface area contributed by atoms with Gasteiger partial charge < -0.3 is 10.1 Å². The number of ether oxygens (including phenoxy) is 1. The summed E-state index contributed by atoms with van der Waals surface area (Å²) in [7, 11) is 3.78. The van der Waals surface area contributed by atoms with Crippen molar-refractivity contribution in [1.82, 2.24) is 5.32 Å². The van der Waals surface area contributed by atoms with Crippen LogP contribution in [-0.4, -0.2) is 20.7 Å². The van der Waals surface area contributed by atoms with Crippen molar-refractivity contribution in [3.8, 4) is 5.75 Å². The fourth-order valence-corrected chi connectivity index (χ4v) is 2.56. The highest BCUT2D eigenvalue weighted by molar-refractivity contribution is 5.43. The lowest BCUT2D eigenvalue weighted by Gasteiger charge is -2.26. The molecular formula is C13H19NO. The molecule has 2 rings (SSSR count). The lowest BCUT2D eigenvalue weighted by Crippen LogP contribution is -2.21. The van der Waals surface area contributed by atoms with Crippen molar-refractivity contribution in [3.63, 3.8) is 0 Å². The molecule has 1 atom stereocenters. The van der Waals surface area contributed by atoms with E-state index in [2.05, 4.69) is 23.5 Å². The van der Waals surface area contributed by atoms with Crippen LogP contribution in [0, 0.1) is 0 Å². The Morgan fingerprint density at radius 1 is 1.47 bits per heavy atom. The average molecular weight is 205 g/mol. The second-order valence-electron chi connectivity index (χ2n) is 4.17. The molecule has 0 saturated heterocycles. The Kier molecular flexibility index (Phi) is 3.27. The minimum atomic E-state index is 0.661. The third-order valence-corrected chi connectivity index (χ3v) is 3.26. The monoisotopic (exact) mass is 205 g/mol. The first-order valence-electron chi connectivity index (χ1n) is 5.67. The van der Waals surface area contributed by atoms with Crippen LogP contribution >= 0.6 is 0 Å². The number of benzene rings is 1. The van der Waals surface area contributed by atoms with E-state index in [9.17, 15) is 0 Å². The predicted molar refractivity (Wildman–Crippen MR) is 62.6 cm³/mol. The lowest BCUT2D eigenvalue weighted by atomic mass is 9.82. The first-order valence-corrected chi connectivity index (χ1v) is 5.67. The van der Waals surface area contributed by atoms with Gasteiger partial charge in [-0.2, -0.15) is 0 Å². The Morgan fingerprint density at radius 2 is 2.33 bits per heavy atom. The van der Waals surface area contributed by atoms with E-state index in [-0.39, 0.29) is 0 Å². The molecule has 15 heavy (non-hydrogen) atoms. The van der Waals surface area contributed by atoms with Gasteiger partial charge in [-0.05, 0) is 49.4 Å². The SMILES string of the molecule is CNCC1CCCc2c(OC)cccc21. The van der Waals surface area contributed by atoms with E-state index in [1.807, 2.05) is 7.05 Å². The van der Waals surface area contributed by atoms with Crippen molar-refractivity contribution in [2.24, 2.45) is 0 Å². The van der Waals surface area contributed by atoms with Gasteiger partial charge in [-0.1, -0.05) is 12.1 Å². The summed E-state index contributed by atoms with van der Waals surface area (Å²) in [5, 5.41) is 3.27. The summed E-state index contributed by atoms with van der Waals surface area (Å²) in [6.07, 6.45) is 3.74. The van der Waals surface area contributed by atoms with Crippen LogP contribution in [0.25, 0.3) is 0 Å². The molecule has 0 spiro atoms. The summed E-state index contributed by atoms with van der Waals surface area (Å²) in [5.41, 5.74) is 2.90. The fraction of sp³-hybridized carbons (Fsp3) is 0.538. The van der Waals surface area contributed by atoms with Crippen molar-refractivity contribution < 1.29 is 4.74 Å². The van der Waals surface area contributed by atoms with Gasteiger partial charge in [0.2, 0.25) is 0 Å². The third-order valence-electron chi connectivity index (χ3n) is 3.26. The van der Waals surface area contributed by atoms with Gasteiger partial charge in [-0.15, -0.1) is 0 Å². The molecule has 0 heterocycles. The largest absolute Gasteiger partial charge is 0.496 e. The smallest absolute Gasteiger partial charge is 0.122 e. The van der Waals surface area contributed by atoms with Gasteiger partial charge in [0.05, 0.1) is 7.11 Å². The summed E-state index contributed by atoms with van der Waals surface area (Å²) in [4.78, 5) is 0. The van der Waals surface area contributed by atoms with Gasteiger partial charge in [0.15, 0.2) is 0 Å². The third kappa shape index (κ3) is 2.00. The van der Waals surface area contributed by atoms with Crippen LogP contribution in [0.2, 0.25) is 0 Å². The van der Waals surface area contributed by atoms with Crippen molar-refractivity contribution in [2.45, 2.75) is 25.2 Å². The Hall–Kier alpha value is -1.02. The number of fused-ring (bicyclic) bond motifs is 1. The fourth-order valence-electron chi connectivity index (χ4n) is 2.56. The highest BCUT2D eigenvalue weighted by atomic mass is 16.5. The average Bonchev–Trinajstić information content (AvgIpc) is 2.29. The molecular weight excluding hydrogens is 186 g/mol. The molecule has 0 saturated carbocycles. The molecule has 1 aliphatic rings. The summed E-state index contributed by atoms with van der Waals surface area (Å²) in [6, 6.07) is 6.42. The Bertz CT molecular complexity index is 335. The normalized spacial score (nSPS) is 19.7. The van der Waals surface area contributed by atoms with Crippen molar-refractivity contribution in [3.05, 3.63) is 29.3 Å². The van der Waals surface area contributed by atoms with E-state index < -0.39 is 0 Å². The summed E-state index contributed by atoms with van der Waals surface area (Å²) >= 11 is 0. The molecule has 0 aromatic heterocycles. The molecule has 1 unspecified atom stereocenters. The standard InChI is InChI=1S/C13H19NO/c1-14-9-10-5-3-7-12-11(10)6-4-8-13(12)15-2/h4,6,8,10,14H,3,5,7,9H2,1-2H3. The Labute approximate surface area is 91.6 Å². The first kappa shape index (κ1) is 10.5. The van der Waals surface area contributed by atoms with Crippen LogP contribution in [-0.2, 0) is 6.42 Å². The maximum absolute atomic E-state index is 5.42. The number of rotatable bonds is 3. The molecule has 0 radical (unpaired) electrons. The number of methoxy groups -OCH3 is 1. The van der Waals surface area contributed by atoms with Crippen LogP contribution in [0.3, 0.4) is 0 Å². The maximum Gasteiger partial charge on any atom is 0.122 e. The van der Waals surface area contributed by atoms with E-state index in [1.54, 1.807) is 7.11 Å². The summed E-state index contributed by atoms with van der Waals surface area (Å²) in [5.74, 6) is 1.72. The molecule has 82 valence electrons. The van der Waals surface area contributed by atoms with Gasteiger partial charge in [0.25, 0.3) is 0 Å². The quantitative estimate of drug-likeness (QED) is 0.817. The predicted octanol–water partition coefficient (Wildman–Crippen LogP) is 2.33. The van der Waals surface area contributed by atoms with Crippen LogP contribution in [0.15, 0.2) is 18.2 Å². The van der Waals surface area contributed by atoms with E-state index in [0.29, 0.717) is 5.92 Å². The molecule has 1 aromatic carbocycles. The number of hydrogen-bond donors (Lipinski definition) is 1. The van der Waals surface area contributed by atoms with Crippen molar-refractivity contribution in [1.29, 1.82) is 0 Å². The van der Waals surface area contributed by atoms with E-state index in [4.69, 9.17) is 4.74 Å². The summed E-state index contributed by atoms with van der Waals surface area (Å²) < 4.78 is 5.42. The minimum Gasteiger partial charge on any atom is -0.496 e. The Morgan fingerprint density at radius 3 is 3.07 bits per heavy atom. The van der Waals surface area contributed by atoms with E-state index in [1.165, 1.54) is 30.4 Å². The topological polar surface area (TPSA) is 21.3 Å². The van der Waals surface area contributed by atoms with Gasteiger partial charge >= 0.3 is 0 Å². The zero-order valence-corrected chi connectivity index (χ0v) is 9.55. The summed E-state index contributed by atoms with van der Waals surface area (Å²) in [6.45, 7) is 1.07. The second kappa shape index (κ2) is 4.67. The second-order valence-corrected chi connectivity index (χ2v) is 4.17. The molecule has 0 aliphatic heterocycles. The highest BCUT2D eigenvalue weighted by Crippen LogP contribution is 2.36. The van der Waals surface area contributed by atoms with Gasteiger partial charge in [-0.25, -0.2) is 0 Å². The molecule has 0 fully saturated rings.